The molecule has 2 atom stereocenters. The Morgan fingerprint density at radius 1 is 0.821 bits per heavy atom. The maximum absolute atomic E-state index is 10.6. The highest BCUT2D eigenvalue weighted by atomic mass is 28.4. The van der Waals surface area contributed by atoms with E-state index in [2.05, 4.69) is 69.3 Å². The number of hydrogen-bond donors (Lipinski definition) is 2. The molecule has 2 unspecified atom stereocenters. The van der Waals surface area contributed by atoms with E-state index in [9.17, 15) is 10.2 Å². The molecule has 0 saturated carbocycles. The first-order valence-electron chi connectivity index (χ1n) is 10.3. The predicted molar refractivity (Wildman–Crippen MR) is 120 cm³/mol. The van der Waals surface area contributed by atoms with E-state index in [1.54, 1.807) is 0 Å². The molecule has 0 radical (unpaired) electrons. The maximum atomic E-state index is 10.6. The molecule has 3 nitrogen and oxygen atoms in total. The van der Waals surface area contributed by atoms with Gasteiger partial charge in [-0.05, 0) is 34.2 Å². The van der Waals surface area contributed by atoms with E-state index < -0.39 is 14.4 Å². The van der Waals surface area contributed by atoms with E-state index in [0.29, 0.717) is 12.8 Å². The molecule has 154 valence electrons. The summed E-state index contributed by atoms with van der Waals surface area (Å²) in [5.74, 6) is 0.199. The molecule has 28 heavy (non-hydrogen) atoms. The third-order valence-electron chi connectivity index (χ3n) is 5.47. The molecule has 4 heteroatoms. The molecule has 0 heterocycles. The van der Waals surface area contributed by atoms with Gasteiger partial charge in [-0.2, -0.15) is 0 Å². The summed E-state index contributed by atoms with van der Waals surface area (Å²) in [6, 6.07) is 20.9. The Labute approximate surface area is 171 Å². The van der Waals surface area contributed by atoms with Crippen LogP contribution in [0.5, 0.6) is 0 Å². The van der Waals surface area contributed by atoms with Gasteiger partial charge in [-0.25, -0.2) is 0 Å². The van der Waals surface area contributed by atoms with Crippen molar-refractivity contribution in [3.05, 3.63) is 60.7 Å². The van der Waals surface area contributed by atoms with Gasteiger partial charge in [-0.15, -0.1) is 0 Å². The zero-order valence-electron chi connectivity index (χ0n) is 17.9. The SMILES string of the molecule is CC(C)C(O)CCC(O)CO[Si](c1ccccc1)(c1ccccc1)C(C)(C)C. The first-order valence-corrected chi connectivity index (χ1v) is 12.2. The summed E-state index contributed by atoms with van der Waals surface area (Å²) in [5, 5.41) is 23.0. The highest BCUT2D eigenvalue weighted by Crippen LogP contribution is 2.36. The van der Waals surface area contributed by atoms with E-state index in [1.807, 2.05) is 26.0 Å². The largest absolute Gasteiger partial charge is 0.405 e. The fraction of sp³-hybridized carbons (Fsp3) is 0.500. The quantitative estimate of drug-likeness (QED) is 0.631. The molecule has 2 rings (SSSR count). The average molecular weight is 401 g/mol. The maximum Gasteiger partial charge on any atom is 0.261 e. The summed E-state index contributed by atoms with van der Waals surface area (Å²) in [5.41, 5.74) is 0. The van der Waals surface area contributed by atoms with Crippen molar-refractivity contribution in [2.24, 2.45) is 5.92 Å². The molecule has 0 aliphatic carbocycles. The molecule has 0 bridgehead atoms. The Bertz CT molecular complexity index is 655. The molecule has 0 spiro atoms. The van der Waals surface area contributed by atoms with Crippen molar-refractivity contribution in [3.8, 4) is 0 Å². The van der Waals surface area contributed by atoms with Crippen molar-refractivity contribution in [1.82, 2.24) is 0 Å². The zero-order valence-corrected chi connectivity index (χ0v) is 18.9. The van der Waals surface area contributed by atoms with Crippen LogP contribution in [0.4, 0.5) is 0 Å². The first-order chi connectivity index (χ1) is 13.2. The summed E-state index contributed by atoms with van der Waals surface area (Å²) in [7, 11) is -2.61. The number of aliphatic hydroxyl groups is 2. The summed E-state index contributed by atoms with van der Waals surface area (Å²) in [4.78, 5) is 0. The van der Waals surface area contributed by atoms with E-state index in [4.69, 9.17) is 4.43 Å². The minimum absolute atomic E-state index is 0.104. The first kappa shape index (κ1) is 22.8. The molecule has 0 amide bonds. The third kappa shape index (κ3) is 5.32. The molecule has 0 saturated heterocycles. The van der Waals surface area contributed by atoms with Gasteiger partial charge in [0, 0.05) is 0 Å². The lowest BCUT2D eigenvalue weighted by Gasteiger charge is -2.43. The highest BCUT2D eigenvalue weighted by molar-refractivity contribution is 6.99. The summed E-state index contributed by atoms with van der Waals surface area (Å²) in [6.07, 6.45) is 0.151. The van der Waals surface area contributed by atoms with Crippen molar-refractivity contribution in [1.29, 1.82) is 0 Å². The van der Waals surface area contributed by atoms with Crippen molar-refractivity contribution >= 4 is 18.7 Å². The van der Waals surface area contributed by atoms with Crippen LogP contribution in [0.25, 0.3) is 0 Å². The lowest BCUT2D eigenvalue weighted by atomic mass is 10.0. The molecule has 2 N–H and O–H groups in total. The van der Waals surface area contributed by atoms with Gasteiger partial charge in [0.25, 0.3) is 8.32 Å². The molecular formula is C24H36O3Si. The van der Waals surface area contributed by atoms with Crippen LogP contribution in [-0.4, -0.2) is 37.3 Å². The minimum atomic E-state index is -2.61. The van der Waals surface area contributed by atoms with Crippen LogP contribution < -0.4 is 10.4 Å². The van der Waals surface area contributed by atoms with Crippen LogP contribution in [-0.2, 0) is 4.43 Å². The van der Waals surface area contributed by atoms with Gasteiger partial charge >= 0.3 is 0 Å². The second-order valence-electron chi connectivity index (χ2n) is 9.02. The summed E-state index contributed by atoms with van der Waals surface area (Å²) >= 11 is 0. The molecule has 0 fully saturated rings. The second kappa shape index (κ2) is 9.84. The summed E-state index contributed by atoms with van der Waals surface area (Å²) in [6.45, 7) is 11.0. The van der Waals surface area contributed by atoms with Gasteiger partial charge in [0.1, 0.15) is 0 Å². The number of aliphatic hydroxyl groups excluding tert-OH is 2. The van der Waals surface area contributed by atoms with E-state index >= 15 is 0 Å². The highest BCUT2D eigenvalue weighted by Gasteiger charge is 2.50. The van der Waals surface area contributed by atoms with Crippen LogP contribution in [0.1, 0.15) is 47.5 Å². The van der Waals surface area contributed by atoms with Gasteiger partial charge in [0.2, 0.25) is 0 Å². The van der Waals surface area contributed by atoms with Crippen molar-refractivity contribution < 1.29 is 14.6 Å². The standard InChI is InChI=1S/C24H36O3Si/c1-19(2)23(26)17-16-20(25)18-27-28(24(3,4)5,21-12-8-6-9-13-21)22-14-10-7-11-15-22/h6-15,19-20,23,25-26H,16-18H2,1-5H3. The Morgan fingerprint density at radius 3 is 1.68 bits per heavy atom. The smallest absolute Gasteiger partial charge is 0.261 e. The normalized spacial score (nSPS) is 14.9. The molecule has 2 aromatic rings. The van der Waals surface area contributed by atoms with Crippen LogP contribution in [0.2, 0.25) is 5.04 Å². The van der Waals surface area contributed by atoms with Gasteiger partial charge in [0.15, 0.2) is 0 Å². The fourth-order valence-electron chi connectivity index (χ4n) is 3.76. The van der Waals surface area contributed by atoms with E-state index in [0.717, 1.165) is 0 Å². The van der Waals surface area contributed by atoms with Crippen LogP contribution in [0.15, 0.2) is 60.7 Å². The Balaban J connectivity index is 2.32. The number of hydrogen-bond acceptors (Lipinski definition) is 3. The third-order valence-corrected chi connectivity index (χ3v) is 10.5. The van der Waals surface area contributed by atoms with Crippen LogP contribution >= 0.6 is 0 Å². The zero-order chi connectivity index (χ0) is 20.8. The van der Waals surface area contributed by atoms with Gasteiger partial charge in [-0.3, -0.25) is 0 Å². The second-order valence-corrected chi connectivity index (χ2v) is 13.3. The lowest BCUT2D eigenvalue weighted by Crippen LogP contribution is -2.67. The van der Waals surface area contributed by atoms with Gasteiger partial charge in [0.05, 0.1) is 18.8 Å². The Morgan fingerprint density at radius 2 is 1.29 bits per heavy atom. The van der Waals surface area contributed by atoms with Gasteiger partial charge in [-0.1, -0.05) is 95.3 Å². The molecule has 0 aliphatic heterocycles. The topological polar surface area (TPSA) is 49.7 Å². The van der Waals surface area contributed by atoms with Crippen molar-refractivity contribution in [2.45, 2.75) is 64.7 Å². The Hall–Kier alpha value is -1.46. The van der Waals surface area contributed by atoms with E-state index in [-0.39, 0.29) is 23.7 Å². The average Bonchev–Trinajstić information content (AvgIpc) is 2.67. The molecule has 0 aliphatic rings. The van der Waals surface area contributed by atoms with E-state index in [1.165, 1.54) is 10.4 Å². The predicted octanol–water partition coefficient (Wildman–Crippen LogP) is 3.72. The minimum Gasteiger partial charge on any atom is -0.405 e. The number of benzene rings is 2. The number of rotatable bonds is 9. The Kier molecular flexibility index (Phi) is 8.02. The van der Waals surface area contributed by atoms with Crippen LogP contribution in [0.3, 0.4) is 0 Å². The van der Waals surface area contributed by atoms with Crippen molar-refractivity contribution in [2.75, 3.05) is 6.61 Å². The summed E-state index contributed by atoms with van der Waals surface area (Å²) < 4.78 is 6.73. The van der Waals surface area contributed by atoms with Gasteiger partial charge < -0.3 is 14.6 Å². The van der Waals surface area contributed by atoms with Crippen molar-refractivity contribution in [3.63, 3.8) is 0 Å². The van der Waals surface area contributed by atoms with Crippen LogP contribution in [0, 0.1) is 5.92 Å². The fourth-order valence-corrected chi connectivity index (χ4v) is 8.36. The molecular weight excluding hydrogens is 364 g/mol. The lowest BCUT2D eigenvalue weighted by molar-refractivity contribution is 0.0603. The molecule has 2 aromatic carbocycles. The molecule has 0 aromatic heterocycles. The monoisotopic (exact) mass is 400 g/mol.